The molecule has 2 heterocycles. The molecular formula is C15H12F4IN3O. The van der Waals surface area contributed by atoms with Crippen molar-refractivity contribution in [2.75, 3.05) is 11.4 Å². The topological polar surface area (TPSA) is 38.1 Å². The summed E-state index contributed by atoms with van der Waals surface area (Å²) in [6.45, 7) is 0.850. The average Bonchev–Trinajstić information content (AvgIpc) is 2.92. The zero-order valence-corrected chi connectivity index (χ0v) is 14.6. The normalized spacial score (nSPS) is 18.0. The minimum absolute atomic E-state index is 0.141. The van der Waals surface area contributed by atoms with Crippen LogP contribution in [0.2, 0.25) is 0 Å². The number of amides is 1. The number of nitrogens with zero attached hydrogens (tertiary/aromatic N) is 3. The molecule has 1 aliphatic heterocycles. The Labute approximate surface area is 148 Å². The SMILES string of the molecule is C[C@H]1CN(c2ccc(C(F)(F)F)c(CF)c2)C(=O)c2c(I)cnn21. The molecule has 24 heavy (non-hydrogen) atoms. The van der Waals surface area contributed by atoms with Crippen molar-refractivity contribution in [1.29, 1.82) is 0 Å². The third kappa shape index (κ3) is 2.78. The first-order valence-corrected chi connectivity index (χ1v) is 8.13. The molecule has 1 aliphatic rings. The lowest BCUT2D eigenvalue weighted by Gasteiger charge is -2.32. The number of rotatable bonds is 2. The van der Waals surface area contributed by atoms with Gasteiger partial charge in [-0.3, -0.25) is 9.48 Å². The van der Waals surface area contributed by atoms with Crippen molar-refractivity contribution in [3.05, 3.63) is 44.8 Å². The number of hydrogen-bond donors (Lipinski definition) is 0. The van der Waals surface area contributed by atoms with Gasteiger partial charge < -0.3 is 4.90 Å². The molecule has 1 atom stereocenters. The second-order valence-electron chi connectivity index (χ2n) is 5.52. The zero-order chi connectivity index (χ0) is 17.6. The number of carbonyl (C=O) groups is 1. The lowest BCUT2D eigenvalue weighted by atomic mass is 10.1. The van der Waals surface area contributed by atoms with Gasteiger partial charge in [0.2, 0.25) is 0 Å². The summed E-state index contributed by atoms with van der Waals surface area (Å²) in [5.74, 6) is -0.362. The fraction of sp³-hybridized carbons (Fsp3) is 0.333. The predicted octanol–water partition coefficient (Wildman–Crippen LogP) is 4.20. The number of benzene rings is 1. The molecule has 0 aliphatic carbocycles. The van der Waals surface area contributed by atoms with Crippen molar-refractivity contribution < 1.29 is 22.4 Å². The molecule has 0 N–H and O–H groups in total. The van der Waals surface area contributed by atoms with Gasteiger partial charge in [0.1, 0.15) is 12.4 Å². The maximum Gasteiger partial charge on any atom is 0.416 e. The Balaban J connectivity index is 2.04. The fourth-order valence-electron chi connectivity index (χ4n) is 2.79. The Bertz CT molecular complexity index is 803. The maximum atomic E-state index is 13.1. The second-order valence-corrected chi connectivity index (χ2v) is 6.69. The summed E-state index contributed by atoms with van der Waals surface area (Å²) in [5.41, 5.74) is -0.869. The predicted molar refractivity (Wildman–Crippen MR) is 87.6 cm³/mol. The van der Waals surface area contributed by atoms with E-state index in [2.05, 4.69) is 5.10 Å². The van der Waals surface area contributed by atoms with Crippen LogP contribution in [0.4, 0.5) is 23.2 Å². The van der Waals surface area contributed by atoms with Crippen LogP contribution in [0.25, 0.3) is 0 Å². The molecule has 1 aromatic heterocycles. The van der Waals surface area contributed by atoms with Crippen LogP contribution in [0, 0.1) is 3.57 Å². The second kappa shape index (κ2) is 6.01. The van der Waals surface area contributed by atoms with E-state index in [0.29, 0.717) is 9.26 Å². The summed E-state index contributed by atoms with van der Waals surface area (Å²) in [6.07, 6.45) is -3.07. The van der Waals surface area contributed by atoms with Crippen LogP contribution in [0.1, 0.15) is 34.6 Å². The van der Waals surface area contributed by atoms with Crippen LogP contribution in [-0.4, -0.2) is 22.2 Å². The van der Waals surface area contributed by atoms with E-state index in [4.69, 9.17) is 0 Å². The Hall–Kier alpha value is -1.65. The van der Waals surface area contributed by atoms with Gasteiger partial charge in [-0.2, -0.15) is 18.3 Å². The highest BCUT2D eigenvalue weighted by atomic mass is 127. The number of halogens is 5. The largest absolute Gasteiger partial charge is 0.416 e. The van der Waals surface area contributed by atoms with Crippen molar-refractivity contribution in [2.24, 2.45) is 0 Å². The summed E-state index contributed by atoms with van der Waals surface area (Å²) in [6, 6.07) is 2.97. The van der Waals surface area contributed by atoms with E-state index in [1.165, 1.54) is 11.0 Å². The van der Waals surface area contributed by atoms with Gasteiger partial charge in [0.25, 0.3) is 5.91 Å². The minimum atomic E-state index is -4.63. The van der Waals surface area contributed by atoms with Gasteiger partial charge in [0.15, 0.2) is 0 Å². The van der Waals surface area contributed by atoms with Crippen molar-refractivity contribution in [1.82, 2.24) is 9.78 Å². The first-order chi connectivity index (χ1) is 11.2. The maximum absolute atomic E-state index is 13.1. The lowest BCUT2D eigenvalue weighted by molar-refractivity contribution is -0.138. The number of anilines is 1. The highest BCUT2D eigenvalue weighted by Crippen LogP contribution is 2.36. The van der Waals surface area contributed by atoms with E-state index >= 15 is 0 Å². The van der Waals surface area contributed by atoms with Crippen molar-refractivity contribution in [3.8, 4) is 0 Å². The molecule has 0 spiro atoms. The minimum Gasteiger partial charge on any atom is -0.305 e. The lowest BCUT2D eigenvalue weighted by Crippen LogP contribution is -2.43. The first-order valence-electron chi connectivity index (χ1n) is 7.05. The highest BCUT2D eigenvalue weighted by Gasteiger charge is 2.36. The molecule has 0 radical (unpaired) electrons. The summed E-state index contributed by atoms with van der Waals surface area (Å²) in [7, 11) is 0. The van der Waals surface area contributed by atoms with E-state index in [0.717, 1.165) is 12.1 Å². The molecule has 3 rings (SSSR count). The van der Waals surface area contributed by atoms with Crippen molar-refractivity contribution in [3.63, 3.8) is 0 Å². The van der Waals surface area contributed by atoms with E-state index < -0.39 is 24.0 Å². The van der Waals surface area contributed by atoms with Gasteiger partial charge >= 0.3 is 6.18 Å². The first kappa shape index (κ1) is 17.2. The number of carbonyl (C=O) groups excluding carboxylic acids is 1. The van der Waals surface area contributed by atoms with Crippen LogP contribution in [0.5, 0.6) is 0 Å². The zero-order valence-electron chi connectivity index (χ0n) is 12.4. The van der Waals surface area contributed by atoms with Gasteiger partial charge in [-0.25, -0.2) is 4.39 Å². The molecule has 9 heteroatoms. The fourth-order valence-corrected chi connectivity index (χ4v) is 3.39. The van der Waals surface area contributed by atoms with Gasteiger partial charge in [0.05, 0.1) is 21.4 Å². The molecule has 0 saturated carbocycles. The third-order valence-corrected chi connectivity index (χ3v) is 4.70. The molecule has 1 aromatic carbocycles. The van der Waals surface area contributed by atoms with Crippen LogP contribution in [0.3, 0.4) is 0 Å². The van der Waals surface area contributed by atoms with Crippen LogP contribution >= 0.6 is 22.6 Å². The van der Waals surface area contributed by atoms with E-state index in [-0.39, 0.29) is 24.2 Å². The number of hydrogen-bond acceptors (Lipinski definition) is 2. The van der Waals surface area contributed by atoms with E-state index in [1.807, 2.05) is 29.5 Å². The van der Waals surface area contributed by atoms with Gasteiger partial charge in [-0.05, 0) is 53.3 Å². The van der Waals surface area contributed by atoms with Crippen LogP contribution < -0.4 is 4.90 Å². The Morgan fingerprint density at radius 3 is 2.71 bits per heavy atom. The average molecular weight is 453 g/mol. The van der Waals surface area contributed by atoms with Crippen molar-refractivity contribution in [2.45, 2.75) is 25.8 Å². The molecule has 2 aromatic rings. The molecule has 4 nitrogen and oxygen atoms in total. The Kier molecular flexibility index (Phi) is 4.30. The number of alkyl halides is 4. The highest BCUT2D eigenvalue weighted by molar-refractivity contribution is 14.1. The summed E-state index contributed by atoms with van der Waals surface area (Å²) in [4.78, 5) is 14.0. The molecular weight excluding hydrogens is 441 g/mol. The van der Waals surface area contributed by atoms with Gasteiger partial charge in [0, 0.05) is 12.2 Å². The Morgan fingerprint density at radius 2 is 2.08 bits per heavy atom. The van der Waals surface area contributed by atoms with E-state index in [1.54, 1.807) is 10.9 Å². The number of aromatic nitrogens is 2. The smallest absolute Gasteiger partial charge is 0.305 e. The summed E-state index contributed by atoms with van der Waals surface area (Å²) < 4.78 is 54.0. The van der Waals surface area contributed by atoms with Crippen molar-refractivity contribution >= 4 is 34.2 Å². The summed E-state index contributed by atoms with van der Waals surface area (Å²) >= 11 is 1.98. The molecule has 1 amide bonds. The molecule has 0 bridgehead atoms. The van der Waals surface area contributed by atoms with Crippen LogP contribution in [0.15, 0.2) is 24.4 Å². The summed E-state index contributed by atoms with van der Waals surface area (Å²) in [5, 5.41) is 4.15. The number of fused-ring (bicyclic) bond motifs is 1. The monoisotopic (exact) mass is 453 g/mol. The quantitative estimate of drug-likeness (QED) is 0.505. The van der Waals surface area contributed by atoms with Gasteiger partial charge in [-0.15, -0.1) is 0 Å². The molecule has 0 unspecified atom stereocenters. The molecule has 0 fully saturated rings. The molecule has 128 valence electrons. The van der Waals surface area contributed by atoms with Crippen LogP contribution in [-0.2, 0) is 12.9 Å². The van der Waals surface area contributed by atoms with E-state index in [9.17, 15) is 22.4 Å². The third-order valence-electron chi connectivity index (χ3n) is 3.91. The standard InChI is InChI=1S/C15H12F4IN3O/c1-8-7-22(14(24)13-12(20)6-21-23(8)13)10-2-3-11(15(17,18)19)9(4-10)5-16/h2-4,6,8H,5,7H2,1H3/t8-/m0/s1. The van der Waals surface area contributed by atoms with Gasteiger partial charge in [-0.1, -0.05) is 0 Å². The molecule has 0 saturated heterocycles. The Morgan fingerprint density at radius 1 is 1.38 bits per heavy atom.